The van der Waals surface area contributed by atoms with Gasteiger partial charge in [0.1, 0.15) is 5.82 Å². The maximum atomic E-state index is 12.4. The number of nitrogen functional groups attached to an aromatic ring is 1. The van der Waals surface area contributed by atoms with Crippen LogP contribution in [0, 0.1) is 5.92 Å². The van der Waals surface area contributed by atoms with E-state index in [-0.39, 0.29) is 17.8 Å². The van der Waals surface area contributed by atoms with Gasteiger partial charge in [0.15, 0.2) is 0 Å². The number of carbonyl (C=O) groups is 1. The first-order chi connectivity index (χ1) is 12.7. The Hall–Kier alpha value is -2.67. The Kier molecular flexibility index (Phi) is 4.71. The van der Waals surface area contributed by atoms with Crippen LogP contribution in [0.1, 0.15) is 12.1 Å². The summed E-state index contributed by atoms with van der Waals surface area (Å²) in [5, 5.41) is 0. The van der Waals surface area contributed by atoms with Gasteiger partial charge in [0.05, 0.1) is 13.2 Å². The third-order valence-electron chi connectivity index (χ3n) is 4.89. The molecule has 1 aromatic carbocycles. The van der Waals surface area contributed by atoms with Gasteiger partial charge in [0.25, 0.3) is 0 Å². The zero-order valence-electron chi connectivity index (χ0n) is 14.7. The van der Waals surface area contributed by atoms with Gasteiger partial charge in [-0.1, -0.05) is 18.2 Å². The van der Waals surface area contributed by atoms with Gasteiger partial charge >= 0.3 is 0 Å². The van der Waals surface area contributed by atoms with Gasteiger partial charge in [-0.15, -0.1) is 0 Å². The van der Waals surface area contributed by atoms with E-state index in [2.05, 4.69) is 14.9 Å². The van der Waals surface area contributed by atoms with E-state index in [1.165, 1.54) is 0 Å². The Bertz CT molecular complexity index is 777. The molecule has 1 atom stereocenters. The molecule has 0 spiro atoms. The van der Waals surface area contributed by atoms with Gasteiger partial charge in [-0.05, 0) is 24.5 Å². The number of carbonyl (C=O) groups excluding carboxylic acids is 1. The Balaban J connectivity index is 1.47. The van der Waals surface area contributed by atoms with Crippen LogP contribution >= 0.6 is 0 Å². The number of para-hydroxylation sites is 1. The molecule has 1 unspecified atom stereocenters. The predicted octanol–water partition coefficient (Wildman–Crippen LogP) is 1.49. The van der Waals surface area contributed by atoms with Gasteiger partial charge in [0, 0.05) is 43.5 Å². The molecule has 136 valence electrons. The summed E-state index contributed by atoms with van der Waals surface area (Å²) < 4.78 is 5.40. The van der Waals surface area contributed by atoms with Crippen molar-refractivity contribution in [3.63, 3.8) is 0 Å². The summed E-state index contributed by atoms with van der Waals surface area (Å²) in [7, 11) is 0. The van der Waals surface area contributed by atoms with Crippen molar-refractivity contribution in [2.45, 2.75) is 12.8 Å². The largest absolute Gasteiger partial charge is 0.378 e. The fourth-order valence-corrected chi connectivity index (χ4v) is 3.63. The van der Waals surface area contributed by atoms with Crippen molar-refractivity contribution in [2.75, 3.05) is 48.4 Å². The molecule has 7 heteroatoms. The SMILES string of the molecule is Nc1nc(CC2CC(=O)N(c3ccccc3)C2)cc(N2CCOCC2)n1. The second-order valence-electron chi connectivity index (χ2n) is 6.79. The standard InChI is InChI=1S/C19H23N5O2/c20-19-21-15(12-17(22-19)23-6-8-26-9-7-23)10-14-11-18(25)24(13-14)16-4-2-1-3-5-16/h1-5,12,14H,6-11,13H2,(H2,20,21,22). The third-order valence-corrected chi connectivity index (χ3v) is 4.89. The van der Waals surface area contributed by atoms with Crippen molar-refractivity contribution in [3.8, 4) is 0 Å². The summed E-state index contributed by atoms with van der Waals surface area (Å²) in [5.74, 6) is 1.53. The number of hydrogen-bond acceptors (Lipinski definition) is 6. The summed E-state index contributed by atoms with van der Waals surface area (Å²) in [5.41, 5.74) is 7.78. The normalized spacial score (nSPS) is 20.6. The van der Waals surface area contributed by atoms with Gasteiger partial charge < -0.3 is 20.3 Å². The zero-order valence-corrected chi connectivity index (χ0v) is 14.7. The summed E-state index contributed by atoms with van der Waals surface area (Å²) in [4.78, 5) is 25.2. The van der Waals surface area contributed by atoms with Crippen LogP contribution in [0.4, 0.5) is 17.5 Å². The van der Waals surface area contributed by atoms with E-state index in [0.29, 0.717) is 26.2 Å². The fraction of sp³-hybridized carbons (Fsp3) is 0.421. The van der Waals surface area contributed by atoms with Crippen LogP contribution in [0.3, 0.4) is 0 Å². The van der Waals surface area contributed by atoms with E-state index in [1.807, 2.05) is 41.3 Å². The summed E-state index contributed by atoms with van der Waals surface area (Å²) in [6, 6.07) is 11.8. The number of aromatic nitrogens is 2. The molecule has 4 rings (SSSR count). The molecule has 2 aliphatic heterocycles. The lowest BCUT2D eigenvalue weighted by Gasteiger charge is -2.28. The quantitative estimate of drug-likeness (QED) is 0.896. The van der Waals surface area contributed by atoms with E-state index in [1.54, 1.807) is 0 Å². The number of anilines is 3. The van der Waals surface area contributed by atoms with Crippen LogP contribution in [0.2, 0.25) is 0 Å². The Morgan fingerprint density at radius 1 is 1.15 bits per heavy atom. The predicted molar refractivity (Wildman–Crippen MR) is 100 cm³/mol. The molecule has 2 fully saturated rings. The molecular formula is C19H23N5O2. The Morgan fingerprint density at radius 3 is 2.69 bits per heavy atom. The molecule has 2 N–H and O–H groups in total. The minimum Gasteiger partial charge on any atom is -0.378 e. The van der Waals surface area contributed by atoms with Crippen LogP contribution in [0.5, 0.6) is 0 Å². The minimum atomic E-state index is 0.164. The lowest BCUT2D eigenvalue weighted by molar-refractivity contribution is -0.117. The highest BCUT2D eigenvalue weighted by molar-refractivity contribution is 5.95. The number of benzene rings is 1. The molecule has 2 aliphatic rings. The lowest BCUT2D eigenvalue weighted by atomic mass is 10.0. The second kappa shape index (κ2) is 7.29. The van der Waals surface area contributed by atoms with Gasteiger partial charge in [-0.2, -0.15) is 4.98 Å². The summed E-state index contributed by atoms with van der Waals surface area (Å²) >= 11 is 0. The topological polar surface area (TPSA) is 84.6 Å². The molecule has 2 saturated heterocycles. The molecule has 0 aliphatic carbocycles. The molecule has 0 bridgehead atoms. The van der Waals surface area contributed by atoms with Crippen LogP contribution < -0.4 is 15.5 Å². The van der Waals surface area contributed by atoms with Crippen LogP contribution in [0.25, 0.3) is 0 Å². The van der Waals surface area contributed by atoms with E-state index in [4.69, 9.17) is 10.5 Å². The average Bonchev–Trinajstić information content (AvgIpc) is 3.03. The highest BCUT2D eigenvalue weighted by Crippen LogP contribution is 2.27. The molecule has 1 amide bonds. The van der Waals surface area contributed by atoms with Gasteiger partial charge in [-0.3, -0.25) is 4.79 Å². The van der Waals surface area contributed by atoms with Gasteiger partial charge in [0.2, 0.25) is 11.9 Å². The number of hydrogen-bond donors (Lipinski definition) is 1. The smallest absolute Gasteiger partial charge is 0.227 e. The molecule has 2 aromatic rings. The van der Waals surface area contributed by atoms with Crippen LogP contribution in [-0.4, -0.2) is 48.7 Å². The lowest BCUT2D eigenvalue weighted by Crippen LogP contribution is -2.37. The molecule has 1 aromatic heterocycles. The zero-order chi connectivity index (χ0) is 17.9. The van der Waals surface area contributed by atoms with Crippen molar-refractivity contribution in [1.82, 2.24) is 9.97 Å². The highest BCUT2D eigenvalue weighted by Gasteiger charge is 2.31. The minimum absolute atomic E-state index is 0.164. The molecule has 0 radical (unpaired) electrons. The summed E-state index contributed by atoms with van der Waals surface area (Å²) in [6.45, 7) is 3.71. The fourth-order valence-electron chi connectivity index (χ4n) is 3.63. The van der Waals surface area contributed by atoms with Crippen molar-refractivity contribution in [1.29, 1.82) is 0 Å². The second-order valence-corrected chi connectivity index (χ2v) is 6.79. The maximum absolute atomic E-state index is 12.4. The number of nitrogens with zero attached hydrogens (tertiary/aromatic N) is 4. The Morgan fingerprint density at radius 2 is 1.92 bits per heavy atom. The number of amides is 1. The van der Waals surface area contributed by atoms with Crippen LogP contribution in [-0.2, 0) is 16.0 Å². The number of nitrogens with two attached hydrogens (primary N) is 1. The molecule has 3 heterocycles. The first kappa shape index (κ1) is 16.8. The van der Waals surface area contributed by atoms with E-state index < -0.39 is 0 Å². The molecule has 26 heavy (non-hydrogen) atoms. The molecule has 0 saturated carbocycles. The number of ether oxygens (including phenoxy) is 1. The van der Waals surface area contributed by atoms with Gasteiger partial charge in [-0.25, -0.2) is 4.98 Å². The highest BCUT2D eigenvalue weighted by atomic mass is 16.5. The average molecular weight is 353 g/mol. The van der Waals surface area contributed by atoms with E-state index >= 15 is 0 Å². The van der Waals surface area contributed by atoms with Crippen LogP contribution in [0.15, 0.2) is 36.4 Å². The molecule has 7 nitrogen and oxygen atoms in total. The van der Waals surface area contributed by atoms with Crippen molar-refractivity contribution >= 4 is 23.4 Å². The first-order valence-electron chi connectivity index (χ1n) is 9.00. The third kappa shape index (κ3) is 3.62. The van der Waals surface area contributed by atoms with E-state index in [9.17, 15) is 4.79 Å². The monoisotopic (exact) mass is 353 g/mol. The van der Waals surface area contributed by atoms with Crippen molar-refractivity contribution in [2.24, 2.45) is 5.92 Å². The van der Waals surface area contributed by atoms with Crippen molar-refractivity contribution in [3.05, 3.63) is 42.1 Å². The number of morpholine rings is 1. The molecular weight excluding hydrogens is 330 g/mol. The van der Waals surface area contributed by atoms with Crippen molar-refractivity contribution < 1.29 is 9.53 Å². The first-order valence-corrected chi connectivity index (χ1v) is 9.00. The Labute approximate surface area is 152 Å². The summed E-state index contributed by atoms with van der Waals surface area (Å²) in [6.07, 6.45) is 1.25. The van der Waals surface area contributed by atoms with E-state index in [0.717, 1.165) is 36.7 Å². The number of rotatable bonds is 4. The maximum Gasteiger partial charge on any atom is 0.227 e.